The summed E-state index contributed by atoms with van der Waals surface area (Å²) in [6.07, 6.45) is 4.89. The second kappa shape index (κ2) is 5.90. The van der Waals surface area contributed by atoms with Gasteiger partial charge in [-0.3, -0.25) is 4.79 Å². The molecule has 0 aromatic rings. The number of halogens is 1. The number of rotatable bonds is 2. The van der Waals surface area contributed by atoms with Crippen molar-refractivity contribution in [2.75, 3.05) is 23.4 Å². The molecule has 2 rings (SSSR count). The van der Waals surface area contributed by atoms with E-state index in [0.717, 1.165) is 37.6 Å². The molecule has 2 unspecified atom stereocenters. The number of alkyl halides is 1. The predicted octanol–water partition coefficient (Wildman–Crippen LogP) is 1.59. The second-order valence-electron chi connectivity index (χ2n) is 5.29. The summed E-state index contributed by atoms with van der Waals surface area (Å²) in [5.74, 6) is -0.00909. The van der Waals surface area contributed by atoms with Crippen LogP contribution in [0.3, 0.4) is 0 Å². The standard InChI is InChI=1S/C12H20BrNO3S/c13-8-11-4-2-1-3-6-14(11)12(15)10-5-7-18(16,17)9-10/h10-11H,1-9H2. The fourth-order valence-electron chi connectivity index (χ4n) is 2.85. The van der Waals surface area contributed by atoms with E-state index in [-0.39, 0.29) is 29.4 Å². The lowest BCUT2D eigenvalue weighted by Crippen LogP contribution is -2.44. The van der Waals surface area contributed by atoms with E-state index in [2.05, 4.69) is 15.9 Å². The Labute approximate surface area is 117 Å². The van der Waals surface area contributed by atoms with Crippen LogP contribution < -0.4 is 0 Å². The molecule has 2 heterocycles. The Kier molecular flexibility index (Phi) is 4.69. The first kappa shape index (κ1) is 14.3. The predicted molar refractivity (Wildman–Crippen MR) is 74.5 cm³/mol. The molecule has 2 aliphatic heterocycles. The zero-order valence-electron chi connectivity index (χ0n) is 10.5. The minimum absolute atomic E-state index is 0.0529. The summed E-state index contributed by atoms with van der Waals surface area (Å²) >= 11 is 3.47. The minimum Gasteiger partial charge on any atom is -0.339 e. The smallest absolute Gasteiger partial charge is 0.227 e. The van der Waals surface area contributed by atoms with Gasteiger partial charge in [-0.1, -0.05) is 28.8 Å². The highest BCUT2D eigenvalue weighted by molar-refractivity contribution is 9.09. The Bertz CT molecular complexity index is 410. The van der Waals surface area contributed by atoms with Crippen LogP contribution in [0, 0.1) is 5.92 Å². The topological polar surface area (TPSA) is 54.5 Å². The SMILES string of the molecule is O=C(C1CCS(=O)(=O)C1)N1CCCCCC1CBr. The molecule has 6 heteroatoms. The zero-order valence-corrected chi connectivity index (χ0v) is 12.9. The van der Waals surface area contributed by atoms with Crippen LogP contribution in [0.4, 0.5) is 0 Å². The highest BCUT2D eigenvalue weighted by Gasteiger charge is 2.37. The van der Waals surface area contributed by atoms with E-state index in [0.29, 0.717) is 6.42 Å². The van der Waals surface area contributed by atoms with Gasteiger partial charge in [0.25, 0.3) is 0 Å². The van der Waals surface area contributed by atoms with Crippen molar-refractivity contribution < 1.29 is 13.2 Å². The normalized spacial score (nSPS) is 32.2. The lowest BCUT2D eigenvalue weighted by molar-refractivity contribution is -0.136. The first-order valence-electron chi connectivity index (χ1n) is 6.60. The summed E-state index contributed by atoms with van der Waals surface area (Å²) in [5, 5.41) is 0.790. The Balaban J connectivity index is 2.06. The molecule has 0 saturated carbocycles. The van der Waals surface area contributed by atoms with Gasteiger partial charge in [0.15, 0.2) is 9.84 Å². The van der Waals surface area contributed by atoms with Crippen LogP contribution in [0.25, 0.3) is 0 Å². The largest absolute Gasteiger partial charge is 0.339 e. The van der Waals surface area contributed by atoms with Crippen LogP contribution >= 0.6 is 15.9 Å². The maximum absolute atomic E-state index is 12.5. The number of hydrogen-bond acceptors (Lipinski definition) is 3. The number of carbonyl (C=O) groups is 1. The summed E-state index contributed by atoms with van der Waals surface area (Å²) in [4.78, 5) is 14.4. The molecule has 0 N–H and O–H groups in total. The summed E-state index contributed by atoms with van der Waals surface area (Å²) < 4.78 is 22.9. The molecule has 0 spiro atoms. The molecule has 104 valence electrons. The van der Waals surface area contributed by atoms with E-state index in [1.807, 2.05) is 4.90 Å². The monoisotopic (exact) mass is 337 g/mol. The average molecular weight is 338 g/mol. The summed E-state index contributed by atoms with van der Waals surface area (Å²) in [6, 6.07) is 0.239. The van der Waals surface area contributed by atoms with Crippen molar-refractivity contribution >= 4 is 31.7 Å². The molecule has 2 aliphatic rings. The number of sulfone groups is 1. The van der Waals surface area contributed by atoms with Crippen LogP contribution in [0.5, 0.6) is 0 Å². The van der Waals surface area contributed by atoms with Crippen molar-refractivity contribution in [1.82, 2.24) is 4.90 Å². The quantitative estimate of drug-likeness (QED) is 0.719. The average Bonchev–Trinajstić information content (AvgIpc) is 2.57. The van der Waals surface area contributed by atoms with Crippen LogP contribution in [-0.4, -0.2) is 48.6 Å². The molecule has 18 heavy (non-hydrogen) atoms. The molecule has 2 saturated heterocycles. The maximum Gasteiger partial charge on any atom is 0.227 e. The van der Waals surface area contributed by atoms with Crippen molar-refractivity contribution in [3.05, 3.63) is 0 Å². The van der Waals surface area contributed by atoms with Crippen LogP contribution in [-0.2, 0) is 14.6 Å². The van der Waals surface area contributed by atoms with Gasteiger partial charge in [-0.05, 0) is 19.3 Å². The van der Waals surface area contributed by atoms with Gasteiger partial charge >= 0.3 is 0 Å². The molecule has 2 atom stereocenters. The van der Waals surface area contributed by atoms with E-state index in [1.165, 1.54) is 0 Å². The number of likely N-dealkylation sites (tertiary alicyclic amines) is 1. The Hall–Kier alpha value is -0.100. The lowest BCUT2D eigenvalue weighted by Gasteiger charge is -2.30. The van der Waals surface area contributed by atoms with E-state index < -0.39 is 9.84 Å². The first-order valence-corrected chi connectivity index (χ1v) is 9.54. The molecule has 0 radical (unpaired) electrons. The molecule has 0 aromatic heterocycles. The second-order valence-corrected chi connectivity index (χ2v) is 8.17. The van der Waals surface area contributed by atoms with Crippen molar-refractivity contribution in [1.29, 1.82) is 0 Å². The van der Waals surface area contributed by atoms with E-state index in [4.69, 9.17) is 0 Å². The van der Waals surface area contributed by atoms with Gasteiger partial charge in [0.2, 0.25) is 5.91 Å². The molecule has 0 bridgehead atoms. The highest BCUT2D eigenvalue weighted by Crippen LogP contribution is 2.25. The maximum atomic E-state index is 12.5. The number of nitrogens with zero attached hydrogens (tertiary/aromatic N) is 1. The first-order chi connectivity index (χ1) is 8.53. The fourth-order valence-corrected chi connectivity index (χ4v) is 5.26. The van der Waals surface area contributed by atoms with Gasteiger partial charge in [-0.15, -0.1) is 0 Å². The summed E-state index contributed by atoms with van der Waals surface area (Å²) in [7, 11) is -2.97. The third-order valence-electron chi connectivity index (χ3n) is 3.92. The molecule has 0 aromatic carbocycles. The summed E-state index contributed by atoms with van der Waals surface area (Å²) in [5.41, 5.74) is 0. The number of amides is 1. The highest BCUT2D eigenvalue weighted by atomic mass is 79.9. The van der Waals surface area contributed by atoms with Gasteiger partial charge in [0.1, 0.15) is 0 Å². The van der Waals surface area contributed by atoms with Crippen molar-refractivity contribution in [3.8, 4) is 0 Å². The van der Waals surface area contributed by atoms with Crippen molar-refractivity contribution in [2.24, 2.45) is 5.92 Å². The van der Waals surface area contributed by atoms with E-state index in [9.17, 15) is 13.2 Å². The molecule has 0 aliphatic carbocycles. The Morgan fingerprint density at radius 1 is 1.22 bits per heavy atom. The number of carbonyl (C=O) groups excluding carboxylic acids is 1. The van der Waals surface area contributed by atoms with Gasteiger partial charge < -0.3 is 4.90 Å². The molecule has 1 amide bonds. The van der Waals surface area contributed by atoms with E-state index in [1.54, 1.807) is 0 Å². The molecule has 4 nitrogen and oxygen atoms in total. The molecule has 2 fully saturated rings. The third-order valence-corrected chi connectivity index (χ3v) is 6.44. The Morgan fingerprint density at radius 2 is 2.00 bits per heavy atom. The molecular formula is C12H20BrNO3S. The van der Waals surface area contributed by atoms with E-state index >= 15 is 0 Å². The van der Waals surface area contributed by atoms with Gasteiger partial charge in [-0.25, -0.2) is 8.42 Å². The van der Waals surface area contributed by atoms with Crippen LogP contribution in [0.1, 0.15) is 32.1 Å². The zero-order chi connectivity index (χ0) is 13.2. The summed E-state index contributed by atoms with van der Waals surface area (Å²) in [6.45, 7) is 0.783. The number of hydrogen-bond donors (Lipinski definition) is 0. The lowest BCUT2D eigenvalue weighted by atomic mass is 10.1. The minimum atomic E-state index is -2.97. The van der Waals surface area contributed by atoms with Gasteiger partial charge in [0.05, 0.1) is 17.4 Å². The van der Waals surface area contributed by atoms with Gasteiger partial charge in [-0.2, -0.15) is 0 Å². The van der Waals surface area contributed by atoms with Crippen LogP contribution in [0.2, 0.25) is 0 Å². The third kappa shape index (κ3) is 3.26. The van der Waals surface area contributed by atoms with Crippen molar-refractivity contribution in [3.63, 3.8) is 0 Å². The fraction of sp³-hybridized carbons (Fsp3) is 0.917. The Morgan fingerprint density at radius 3 is 2.61 bits per heavy atom. The van der Waals surface area contributed by atoms with Gasteiger partial charge in [0, 0.05) is 17.9 Å². The van der Waals surface area contributed by atoms with Crippen molar-refractivity contribution in [2.45, 2.75) is 38.1 Å². The molecular weight excluding hydrogens is 318 g/mol. The van der Waals surface area contributed by atoms with Crippen LogP contribution in [0.15, 0.2) is 0 Å².